The average molecular weight is 506 g/mol. The van der Waals surface area contributed by atoms with Crippen LogP contribution in [0.1, 0.15) is 46.6 Å². The van der Waals surface area contributed by atoms with Crippen LogP contribution in [-0.2, 0) is 25.7 Å². The Labute approximate surface area is 213 Å². The van der Waals surface area contributed by atoms with E-state index in [-0.39, 0.29) is 37.4 Å². The van der Waals surface area contributed by atoms with Gasteiger partial charge in [-0.2, -0.15) is 0 Å². The van der Waals surface area contributed by atoms with Gasteiger partial charge in [0.15, 0.2) is 5.78 Å². The predicted octanol–water partition coefficient (Wildman–Crippen LogP) is 1.33. The van der Waals surface area contributed by atoms with Crippen LogP contribution < -0.4 is 21.3 Å². The largest absolute Gasteiger partial charge is 0.445 e. The van der Waals surface area contributed by atoms with Crippen molar-refractivity contribution < 1.29 is 29.0 Å². The van der Waals surface area contributed by atoms with Crippen molar-refractivity contribution in [3.63, 3.8) is 0 Å². The summed E-state index contributed by atoms with van der Waals surface area (Å²) < 4.78 is 5.25. The number of ketones is 1. The molecule has 3 atom stereocenters. The number of benzene rings is 1. The van der Waals surface area contributed by atoms with Crippen LogP contribution in [0.2, 0.25) is 0 Å². The normalized spacial score (nSPS) is 13.6. The number of hydrogen-bond donors (Lipinski definition) is 5. The number of hydrogen-bond acceptors (Lipinski definition) is 7. The quantitative estimate of drug-likeness (QED) is 0.213. The molecule has 0 heterocycles. The SMILES string of the molecule is CC(C)C[C@H](NC(=O)OCc1ccccc1)C(=O)N[C@H](C(=O)N[C@@H](C)C(=O)[CH]CNCCO)C(C)C. The molecule has 0 aliphatic rings. The first-order chi connectivity index (χ1) is 17.0. The topological polar surface area (TPSA) is 146 Å². The molecule has 3 amide bonds. The first-order valence-electron chi connectivity index (χ1n) is 12.3. The van der Waals surface area contributed by atoms with Gasteiger partial charge in [0.1, 0.15) is 18.7 Å². The molecule has 0 unspecified atom stereocenters. The Bertz CT molecular complexity index is 831. The Balaban J connectivity index is 2.73. The number of aliphatic hydroxyl groups excluding tert-OH is 1. The van der Waals surface area contributed by atoms with Crippen LogP contribution in [0, 0.1) is 18.3 Å². The Morgan fingerprint density at radius 1 is 0.944 bits per heavy atom. The molecule has 0 spiro atoms. The third kappa shape index (κ3) is 12.1. The maximum absolute atomic E-state index is 13.1. The molecule has 0 aliphatic heterocycles. The highest BCUT2D eigenvalue weighted by atomic mass is 16.5. The zero-order valence-corrected chi connectivity index (χ0v) is 21.9. The second kappa shape index (κ2) is 16.6. The van der Waals surface area contributed by atoms with Gasteiger partial charge < -0.3 is 31.1 Å². The number of Topliss-reactive ketones (excluding diaryl/α,β-unsaturated/α-hetero) is 1. The molecular formula is C26H41N4O6. The smallest absolute Gasteiger partial charge is 0.408 e. The van der Waals surface area contributed by atoms with Crippen LogP contribution in [0.3, 0.4) is 0 Å². The average Bonchev–Trinajstić information content (AvgIpc) is 2.83. The van der Waals surface area contributed by atoms with Crippen LogP contribution in [0.4, 0.5) is 4.79 Å². The van der Waals surface area contributed by atoms with E-state index in [1.54, 1.807) is 20.8 Å². The summed E-state index contributed by atoms with van der Waals surface area (Å²) in [5.74, 6) is -1.47. The van der Waals surface area contributed by atoms with Crippen molar-refractivity contribution in [2.24, 2.45) is 11.8 Å². The Morgan fingerprint density at radius 2 is 1.61 bits per heavy atom. The molecular weight excluding hydrogens is 464 g/mol. The van der Waals surface area contributed by atoms with Gasteiger partial charge in [-0.15, -0.1) is 0 Å². The Kier molecular flexibility index (Phi) is 14.4. The summed E-state index contributed by atoms with van der Waals surface area (Å²) in [6, 6.07) is 6.60. The number of nitrogens with one attached hydrogen (secondary N) is 4. The summed E-state index contributed by atoms with van der Waals surface area (Å²) >= 11 is 0. The maximum atomic E-state index is 13.1. The van der Waals surface area contributed by atoms with Gasteiger partial charge in [-0.1, -0.05) is 58.0 Å². The summed E-state index contributed by atoms with van der Waals surface area (Å²) in [7, 11) is 0. The highest BCUT2D eigenvalue weighted by Crippen LogP contribution is 2.09. The van der Waals surface area contributed by atoms with E-state index in [1.165, 1.54) is 6.42 Å². The summed E-state index contributed by atoms with van der Waals surface area (Å²) in [4.78, 5) is 50.6. The Hall–Kier alpha value is -2.98. The fourth-order valence-electron chi connectivity index (χ4n) is 3.30. The third-order valence-electron chi connectivity index (χ3n) is 5.30. The minimum absolute atomic E-state index is 0.0402. The van der Waals surface area contributed by atoms with Crippen molar-refractivity contribution in [3.8, 4) is 0 Å². The van der Waals surface area contributed by atoms with Gasteiger partial charge in [-0.3, -0.25) is 14.4 Å². The second-order valence-corrected chi connectivity index (χ2v) is 9.38. The van der Waals surface area contributed by atoms with Crippen LogP contribution in [0.5, 0.6) is 0 Å². The maximum Gasteiger partial charge on any atom is 0.408 e. The minimum Gasteiger partial charge on any atom is -0.445 e. The predicted molar refractivity (Wildman–Crippen MR) is 137 cm³/mol. The van der Waals surface area contributed by atoms with E-state index >= 15 is 0 Å². The molecule has 0 bridgehead atoms. The molecule has 5 N–H and O–H groups in total. The van der Waals surface area contributed by atoms with Gasteiger partial charge in [0, 0.05) is 19.5 Å². The van der Waals surface area contributed by atoms with Crippen LogP contribution >= 0.6 is 0 Å². The Morgan fingerprint density at radius 3 is 2.19 bits per heavy atom. The zero-order valence-electron chi connectivity index (χ0n) is 21.9. The summed E-state index contributed by atoms with van der Waals surface area (Å²) in [5.41, 5.74) is 0.819. The van der Waals surface area contributed by atoms with Crippen LogP contribution in [0.15, 0.2) is 30.3 Å². The van der Waals surface area contributed by atoms with Crippen LogP contribution in [0.25, 0.3) is 0 Å². The number of aliphatic hydroxyl groups is 1. The third-order valence-corrected chi connectivity index (χ3v) is 5.30. The van der Waals surface area contributed by atoms with Gasteiger partial charge >= 0.3 is 6.09 Å². The first kappa shape index (κ1) is 31.1. The van der Waals surface area contributed by atoms with Crippen molar-refractivity contribution in [2.75, 3.05) is 19.7 Å². The van der Waals surface area contributed by atoms with E-state index in [0.717, 1.165) is 5.56 Å². The molecule has 0 aromatic heterocycles. The fraction of sp³-hybridized carbons (Fsp3) is 0.577. The number of alkyl carbamates (subject to hydrolysis) is 1. The van der Waals surface area contributed by atoms with Gasteiger partial charge in [0.05, 0.1) is 12.6 Å². The molecule has 10 heteroatoms. The number of carbonyl (C=O) groups excluding carboxylic acids is 4. The van der Waals surface area contributed by atoms with Crippen molar-refractivity contribution >= 4 is 23.7 Å². The van der Waals surface area contributed by atoms with Crippen molar-refractivity contribution in [1.29, 1.82) is 0 Å². The molecule has 0 saturated heterocycles. The molecule has 201 valence electrons. The molecule has 1 radical (unpaired) electrons. The lowest BCUT2D eigenvalue weighted by Crippen LogP contribution is -2.57. The monoisotopic (exact) mass is 505 g/mol. The fourth-order valence-corrected chi connectivity index (χ4v) is 3.30. The van der Waals surface area contributed by atoms with Crippen molar-refractivity contribution in [1.82, 2.24) is 21.3 Å². The van der Waals surface area contributed by atoms with Crippen molar-refractivity contribution in [2.45, 2.75) is 65.8 Å². The molecule has 1 aromatic rings. The lowest BCUT2D eigenvalue weighted by molar-refractivity contribution is -0.132. The number of rotatable bonds is 16. The van der Waals surface area contributed by atoms with E-state index in [4.69, 9.17) is 9.84 Å². The van der Waals surface area contributed by atoms with Gasteiger partial charge in [-0.05, 0) is 30.7 Å². The van der Waals surface area contributed by atoms with E-state index in [0.29, 0.717) is 13.0 Å². The van der Waals surface area contributed by atoms with Gasteiger partial charge in [-0.25, -0.2) is 4.79 Å². The minimum atomic E-state index is -0.905. The summed E-state index contributed by atoms with van der Waals surface area (Å²) in [5, 5.41) is 19.6. The molecule has 36 heavy (non-hydrogen) atoms. The summed E-state index contributed by atoms with van der Waals surface area (Å²) in [6.45, 7) is 9.62. The van der Waals surface area contributed by atoms with E-state index in [2.05, 4.69) is 21.3 Å². The van der Waals surface area contributed by atoms with E-state index in [1.807, 2.05) is 44.2 Å². The van der Waals surface area contributed by atoms with Crippen LogP contribution in [-0.4, -0.2) is 66.6 Å². The lowest BCUT2D eigenvalue weighted by atomic mass is 9.99. The summed E-state index contributed by atoms with van der Waals surface area (Å²) in [6.07, 6.45) is 1.02. The number of carbonyl (C=O) groups is 4. The van der Waals surface area contributed by atoms with Crippen molar-refractivity contribution in [3.05, 3.63) is 42.3 Å². The van der Waals surface area contributed by atoms with Gasteiger partial charge in [0.25, 0.3) is 0 Å². The first-order valence-corrected chi connectivity index (χ1v) is 12.3. The molecule has 0 aliphatic carbocycles. The number of amides is 3. The molecule has 1 rings (SSSR count). The highest BCUT2D eigenvalue weighted by Gasteiger charge is 2.30. The zero-order chi connectivity index (χ0) is 27.1. The number of ether oxygens (including phenoxy) is 1. The molecule has 10 nitrogen and oxygen atoms in total. The molecule has 0 fully saturated rings. The second-order valence-electron chi connectivity index (χ2n) is 9.38. The van der Waals surface area contributed by atoms with E-state index in [9.17, 15) is 19.2 Å². The standard InChI is InChI=1S/C26H41N4O6/c1-17(2)15-21(29-26(35)36-16-20-9-7-6-8-10-20)24(33)30-23(18(3)4)25(34)28-19(5)22(32)11-12-27-13-14-31/h6-11,17-19,21,23,27,31H,12-16H2,1-5H3,(H,28,34)(H,29,35)(H,30,33)/t19-,21-,23-/m0/s1. The van der Waals surface area contributed by atoms with E-state index < -0.39 is 36.0 Å². The highest BCUT2D eigenvalue weighted by molar-refractivity contribution is 5.97. The lowest BCUT2D eigenvalue weighted by Gasteiger charge is -2.27. The van der Waals surface area contributed by atoms with Gasteiger partial charge in [0.2, 0.25) is 11.8 Å². The molecule has 1 aromatic carbocycles. The molecule has 0 saturated carbocycles.